The molecule has 0 saturated carbocycles. The van der Waals surface area contributed by atoms with Gasteiger partial charge in [-0.2, -0.15) is 0 Å². The second-order valence-corrected chi connectivity index (χ2v) is 8.15. The van der Waals surface area contributed by atoms with E-state index in [0.717, 1.165) is 69.2 Å². The van der Waals surface area contributed by atoms with Crippen molar-refractivity contribution in [1.29, 1.82) is 0 Å². The van der Waals surface area contributed by atoms with Gasteiger partial charge >= 0.3 is 0 Å². The highest BCUT2D eigenvalue weighted by Gasteiger charge is 2.24. The van der Waals surface area contributed by atoms with Crippen LogP contribution in [0.1, 0.15) is 60.8 Å². The molecule has 1 aromatic heterocycles. The molecule has 0 N–H and O–H groups in total. The van der Waals surface area contributed by atoms with Gasteiger partial charge in [0.05, 0.1) is 0 Å². The first-order valence-electron chi connectivity index (χ1n) is 10.9. The first-order valence-corrected chi connectivity index (χ1v) is 10.9. The van der Waals surface area contributed by atoms with Crippen molar-refractivity contribution in [1.82, 2.24) is 14.9 Å². The Morgan fingerprint density at radius 3 is 2.31 bits per heavy atom. The average molecular weight is 395 g/mol. The molecule has 0 atom stereocenters. The van der Waals surface area contributed by atoms with E-state index in [-0.39, 0.29) is 0 Å². The largest absolute Gasteiger partial charge is 0.353 e. The van der Waals surface area contributed by atoms with E-state index in [1.165, 1.54) is 16.7 Å². The second-order valence-electron chi connectivity index (χ2n) is 8.15. The van der Waals surface area contributed by atoms with Crippen LogP contribution in [0.2, 0.25) is 0 Å². The Morgan fingerprint density at radius 1 is 0.966 bits per heavy atom. The van der Waals surface area contributed by atoms with Gasteiger partial charge in [0.1, 0.15) is 11.6 Å². The highest BCUT2D eigenvalue weighted by Crippen LogP contribution is 2.25. The fraction of sp³-hybridized carbons (Fsp3) is 0.542. The second kappa shape index (κ2) is 9.86. The summed E-state index contributed by atoms with van der Waals surface area (Å²) in [4.78, 5) is 26.2. The van der Waals surface area contributed by atoms with Crippen LogP contribution in [-0.2, 0) is 11.2 Å². The highest BCUT2D eigenvalue weighted by atomic mass is 16.2. The number of piperazine rings is 1. The zero-order chi connectivity index (χ0) is 20.8. The molecule has 1 fully saturated rings. The summed E-state index contributed by atoms with van der Waals surface area (Å²) in [6.07, 6.45) is 4.79. The number of carbonyl (C=O) groups excluding carboxylic acids is 1. The van der Waals surface area contributed by atoms with E-state index in [1.807, 2.05) is 11.8 Å². The Labute approximate surface area is 175 Å². The normalized spacial score (nSPS) is 14.3. The fourth-order valence-electron chi connectivity index (χ4n) is 3.95. The Balaban J connectivity index is 1.72. The summed E-state index contributed by atoms with van der Waals surface area (Å²) in [6.45, 7) is 11.5. The molecule has 1 aromatic carbocycles. The van der Waals surface area contributed by atoms with Crippen molar-refractivity contribution < 1.29 is 4.79 Å². The molecule has 156 valence electrons. The summed E-state index contributed by atoms with van der Waals surface area (Å²) in [5.74, 6) is 2.14. The van der Waals surface area contributed by atoms with E-state index < -0.39 is 0 Å². The first-order chi connectivity index (χ1) is 14.0. The molecule has 1 amide bonds. The number of aromatic nitrogens is 2. The maximum absolute atomic E-state index is 12.4. The van der Waals surface area contributed by atoms with E-state index in [4.69, 9.17) is 4.98 Å². The molecule has 0 aliphatic carbocycles. The van der Waals surface area contributed by atoms with Crippen molar-refractivity contribution in [3.8, 4) is 0 Å². The third-order valence-corrected chi connectivity index (χ3v) is 5.73. The molecule has 2 heterocycles. The number of aryl methyl sites for hydroxylation is 3. The highest BCUT2D eigenvalue weighted by molar-refractivity contribution is 5.76. The average Bonchev–Trinajstić information content (AvgIpc) is 2.71. The molecule has 2 aromatic rings. The Hall–Kier alpha value is -2.43. The summed E-state index contributed by atoms with van der Waals surface area (Å²) >= 11 is 0. The minimum atomic E-state index is 0.299. The van der Waals surface area contributed by atoms with E-state index in [1.54, 1.807) is 0 Å². The number of unbranched alkanes of at least 4 members (excludes halogenated alkanes) is 2. The van der Waals surface area contributed by atoms with Gasteiger partial charge in [0, 0.05) is 50.3 Å². The lowest BCUT2D eigenvalue weighted by Gasteiger charge is -2.36. The molecular weight excluding hydrogens is 360 g/mol. The molecule has 0 spiro atoms. The molecule has 29 heavy (non-hydrogen) atoms. The Morgan fingerprint density at radius 2 is 1.66 bits per heavy atom. The van der Waals surface area contributed by atoms with Gasteiger partial charge in [-0.3, -0.25) is 4.79 Å². The number of rotatable bonds is 7. The summed E-state index contributed by atoms with van der Waals surface area (Å²) in [6, 6.07) is 8.68. The predicted molar refractivity (Wildman–Crippen MR) is 118 cm³/mol. The van der Waals surface area contributed by atoms with Crippen molar-refractivity contribution in [2.45, 2.75) is 59.8 Å². The first kappa shape index (κ1) is 21.3. The summed E-state index contributed by atoms with van der Waals surface area (Å²) in [5.41, 5.74) is 4.79. The monoisotopic (exact) mass is 394 g/mol. The molecule has 5 nitrogen and oxygen atoms in total. The zero-order valence-corrected chi connectivity index (χ0v) is 18.4. The van der Waals surface area contributed by atoms with E-state index in [9.17, 15) is 4.79 Å². The van der Waals surface area contributed by atoms with Gasteiger partial charge in [0.25, 0.3) is 0 Å². The molecule has 0 unspecified atom stereocenters. The number of benzene rings is 1. The fourth-order valence-corrected chi connectivity index (χ4v) is 3.95. The van der Waals surface area contributed by atoms with Gasteiger partial charge in [-0.25, -0.2) is 9.97 Å². The van der Waals surface area contributed by atoms with Gasteiger partial charge in [-0.05, 0) is 32.8 Å². The van der Waals surface area contributed by atoms with Crippen LogP contribution in [0, 0.1) is 20.8 Å². The van der Waals surface area contributed by atoms with E-state index in [2.05, 4.69) is 54.9 Å². The molecule has 5 heteroatoms. The van der Waals surface area contributed by atoms with Crippen molar-refractivity contribution >= 4 is 11.7 Å². The Kier molecular flexibility index (Phi) is 7.24. The summed E-state index contributed by atoms with van der Waals surface area (Å²) in [5, 5.41) is 0. The van der Waals surface area contributed by atoms with Crippen LogP contribution < -0.4 is 4.90 Å². The molecule has 3 rings (SSSR count). The number of carbonyl (C=O) groups is 1. The SMILES string of the molecule is CCCCCC(=O)N1CCN(c2nc(C)nc(C)c2Cc2ccc(C)cc2)CC1. The lowest BCUT2D eigenvalue weighted by Crippen LogP contribution is -2.49. The van der Waals surface area contributed by atoms with Gasteiger partial charge in [0.15, 0.2) is 0 Å². The van der Waals surface area contributed by atoms with E-state index >= 15 is 0 Å². The number of nitrogens with zero attached hydrogens (tertiary/aromatic N) is 4. The molecule has 0 bridgehead atoms. The van der Waals surface area contributed by atoms with Gasteiger partial charge in [-0.15, -0.1) is 0 Å². The molecule has 1 aliphatic rings. The topological polar surface area (TPSA) is 49.3 Å². The van der Waals surface area contributed by atoms with E-state index in [0.29, 0.717) is 12.3 Å². The zero-order valence-electron chi connectivity index (χ0n) is 18.4. The minimum absolute atomic E-state index is 0.299. The number of anilines is 1. The maximum atomic E-state index is 12.4. The van der Waals surface area contributed by atoms with Crippen LogP contribution in [0.5, 0.6) is 0 Å². The van der Waals surface area contributed by atoms with Crippen LogP contribution in [0.15, 0.2) is 24.3 Å². The summed E-state index contributed by atoms with van der Waals surface area (Å²) in [7, 11) is 0. The van der Waals surface area contributed by atoms with Crippen molar-refractivity contribution in [3.63, 3.8) is 0 Å². The number of amides is 1. The third kappa shape index (κ3) is 5.55. The molecule has 0 radical (unpaired) electrons. The van der Waals surface area contributed by atoms with Crippen LogP contribution in [0.25, 0.3) is 0 Å². The number of hydrogen-bond acceptors (Lipinski definition) is 4. The van der Waals surface area contributed by atoms with Crippen molar-refractivity contribution in [2.24, 2.45) is 0 Å². The smallest absolute Gasteiger partial charge is 0.222 e. The summed E-state index contributed by atoms with van der Waals surface area (Å²) < 4.78 is 0. The van der Waals surface area contributed by atoms with Gasteiger partial charge in [-0.1, -0.05) is 49.6 Å². The molecular formula is C24H34N4O. The van der Waals surface area contributed by atoms with Crippen molar-refractivity contribution in [2.75, 3.05) is 31.1 Å². The molecule has 1 saturated heterocycles. The minimum Gasteiger partial charge on any atom is -0.353 e. The Bertz CT molecular complexity index is 824. The van der Waals surface area contributed by atoms with Gasteiger partial charge < -0.3 is 9.80 Å². The lowest BCUT2D eigenvalue weighted by molar-refractivity contribution is -0.131. The molecule has 1 aliphatic heterocycles. The standard InChI is InChI=1S/C24H34N4O/c1-5-6-7-8-23(29)27-13-15-28(16-14-27)24-22(19(3)25-20(4)26-24)17-21-11-9-18(2)10-12-21/h9-12H,5-8,13-17H2,1-4H3. The quantitative estimate of drug-likeness (QED) is 0.660. The lowest BCUT2D eigenvalue weighted by atomic mass is 10.0. The van der Waals surface area contributed by atoms with Crippen molar-refractivity contribution in [3.05, 3.63) is 52.5 Å². The van der Waals surface area contributed by atoms with Crippen LogP contribution >= 0.6 is 0 Å². The predicted octanol–water partition coefficient (Wildman–Crippen LogP) is 4.22. The third-order valence-electron chi connectivity index (χ3n) is 5.73. The van der Waals surface area contributed by atoms with Gasteiger partial charge in [0.2, 0.25) is 5.91 Å². The van der Waals surface area contributed by atoms with Crippen LogP contribution in [0.4, 0.5) is 5.82 Å². The number of hydrogen-bond donors (Lipinski definition) is 0. The van der Waals surface area contributed by atoms with Crippen LogP contribution in [-0.4, -0.2) is 47.0 Å². The maximum Gasteiger partial charge on any atom is 0.222 e. The van der Waals surface area contributed by atoms with Crippen LogP contribution in [0.3, 0.4) is 0 Å².